The number of benzene rings is 1. The Labute approximate surface area is 115 Å². The van der Waals surface area contributed by atoms with Crippen LogP contribution >= 0.6 is 0 Å². The van der Waals surface area contributed by atoms with Crippen molar-refractivity contribution in [3.8, 4) is 0 Å². The van der Waals surface area contributed by atoms with E-state index in [1.807, 2.05) is 0 Å². The van der Waals surface area contributed by atoms with Crippen LogP contribution in [0.25, 0.3) is 0 Å². The number of hydrogen-bond donors (Lipinski definition) is 2. The van der Waals surface area contributed by atoms with Crippen LogP contribution in [0.3, 0.4) is 0 Å². The van der Waals surface area contributed by atoms with Crippen molar-refractivity contribution in [2.75, 3.05) is 5.32 Å². The van der Waals surface area contributed by atoms with E-state index in [0.29, 0.717) is 17.7 Å². The molecule has 0 saturated carbocycles. The Morgan fingerprint density at radius 3 is 2.60 bits per heavy atom. The lowest BCUT2D eigenvalue weighted by Gasteiger charge is -2.10. The molecule has 2 aromatic rings. The zero-order valence-electron chi connectivity index (χ0n) is 11.1. The van der Waals surface area contributed by atoms with Gasteiger partial charge in [0.25, 0.3) is 0 Å². The second kappa shape index (κ2) is 5.64. The van der Waals surface area contributed by atoms with E-state index in [1.165, 1.54) is 12.3 Å². The summed E-state index contributed by atoms with van der Waals surface area (Å²) in [6.07, 6.45) is 1.32. The van der Waals surface area contributed by atoms with E-state index in [-0.39, 0.29) is 17.2 Å². The highest BCUT2D eigenvalue weighted by Crippen LogP contribution is 2.17. The first-order valence-electron chi connectivity index (χ1n) is 6.03. The molecule has 20 heavy (non-hydrogen) atoms. The molecular formula is C14H14FN3O2. The third kappa shape index (κ3) is 2.90. The van der Waals surface area contributed by atoms with Crippen molar-refractivity contribution in [1.82, 2.24) is 10.2 Å². The number of aromatic carboxylic acids is 1. The molecule has 0 aliphatic heterocycles. The average molecular weight is 275 g/mol. The molecule has 0 bridgehead atoms. The molecule has 0 amide bonds. The largest absolute Gasteiger partial charge is 0.478 e. The van der Waals surface area contributed by atoms with Crippen molar-refractivity contribution in [2.45, 2.75) is 20.4 Å². The molecule has 1 heterocycles. The summed E-state index contributed by atoms with van der Waals surface area (Å²) in [5.41, 5.74) is 2.01. The molecule has 0 unspecified atom stereocenters. The van der Waals surface area contributed by atoms with Crippen LogP contribution in [0.15, 0.2) is 24.4 Å². The molecule has 0 fully saturated rings. The van der Waals surface area contributed by atoms with Gasteiger partial charge in [0.2, 0.25) is 0 Å². The number of carboxylic acids is 1. The van der Waals surface area contributed by atoms with Crippen molar-refractivity contribution in [3.05, 3.63) is 52.5 Å². The smallest absolute Gasteiger partial charge is 0.339 e. The van der Waals surface area contributed by atoms with Crippen LogP contribution < -0.4 is 5.32 Å². The molecule has 2 N–H and O–H groups in total. The van der Waals surface area contributed by atoms with Gasteiger partial charge in [0.05, 0.1) is 6.20 Å². The molecule has 5 nitrogen and oxygen atoms in total. The SMILES string of the molecule is Cc1cc(CNc2nnccc2C(=O)O)cc(C)c1F. The number of nitrogens with zero attached hydrogens (tertiary/aromatic N) is 2. The zero-order chi connectivity index (χ0) is 14.7. The molecule has 0 spiro atoms. The number of hydrogen-bond acceptors (Lipinski definition) is 4. The number of aryl methyl sites for hydroxylation is 2. The summed E-state index contributed by atoms with van der Waals surface area (Å²) in [4.78, 5) is 11.0. The van der Waals surface area contributed by atoms with Crippen molar-refractivity contribution in [3.63, 3.8) is 0 Å². The van der Waals surface area contributed by atoms with Crippen molar-refractivity contribution < 1.29 is 14.3 Å². The fourth-order valence-corrected chi connectivity index (χ4v) is 1.96. The molecule has 2 rings (SSSR count). The van der Waals surface area contributed by atoms with Gasteiger partial charge in [-0.25, -0.2) is 9.18 Å². The number of rotatable bonds is 4. The number of nitrogens with one attached hydrogen (secondary N) is 1. The Hall–Kier alpha value is -2.50. The second-order valence-electron chi connectivity index (χ2n) is 4.50. The third-order valence-electron chi connectivity index (χ3n) is 2.91. The summed E-state index contributed by atoms with van der Waals surface area (Å²) >= 11 is 0. The standard InChI is InChI=1S/C14H14FN3O2/c1-8-5-10(6-9(2)12(8)15)7-16-13-11(14(19)20)3-4-17-18-13/h3-6H,7H2,1-2H3,(H,16,18)(H,19,20). The molecule has 0 radical (unpaired) electrons. The topological polar surface area (TPSA) is 75.1 Å². The van der Waals surface area contributed by atoms with E-state index in [0.717, 1.165) is 5.56 Å². The first-order chi connectivity index (χ1) is 9.49. The monoisotopic (exact) mass is 275 g/mol. The minimum absolute atomic E-state index is 0.0514. The van der Waals surface area contributed by atoms with Crippen LogP contribution in [0.5, 0.6) is 0 Å². The second-order valence-corrected chi connectivity index (χ2v) is 4.50. The Balaban J connectivity index is 2.19. The summed E-state index contributed by atoms with van der Waals surface area (Å²) in [5.74, 6) is -1.10. The van der Waals surface area contributed by atoms with Gasteiger partial charge in [-0.1, -0.05) is 12.1 Å². The van der Waals surface area contributed by atoms with Gasteiger partial charge in [0.15, 0.2) is 5.82 Å². The third-order valence-corrected chi connectivity index (χ3v) is 2.91. The zero-order valence-corrected chi connectivity index (χ0v) is 11.1. The summed E-state index contributed by atoms with van der Waals surface area (Å²) in [7, 11) is 0. The van der Waals surface area contributed by atoms with Gasteiger partial charge >= 0.3 is 5.97 Å². The summed E-state index contributed by atoms with van der Waals surface area (Å²) in [5, 5.41) is 19.4. The Morgan fingerprint density at radius 1 is 1.35 bits per heavy atom. The lowest BCUT2D eigenvalue weighted by Crippen LogP contribution is -2.09. The highest BCUT2D eigenvalue weighted by molar-refractivity contribution is 5.92. The van der Waals surface area contributed by atoms with Gasteiger partial charge in [0, 0.05) is 6.54 Å². The highest BCUT2D eigenvalue weighted by Gasteiger charge is 2.11. The van der Waals surface area contributed by atoms with Gasteiger partial charge in [-0.05, 0) is 36.6 Å². The average Bonchev–Trinajstić information content (AvgIpc) is 2.42. The number of halogens is 1. The van der Waals surface area contributed by atoms with E-state index in [4.69, 9.17) is 5.11 Å². The first-order valence-corrected chi connectivity index (χ1v) is 6.03. The van der Waals surface area contributed by atoms with E-state index in [2.05, 4.69) is 15.5 Å². The lowest BCUT2D eigenvalue weighted by atomic mass is 10.1. The Kier molecular flexibility index (Phi) is 3.93. The van der Waals surface area contributed by atoms with E-state index < -0.39 is 5.97 Å². The molecule has 0 atom stereocenters. The summed E-state index contributed by atoms with van der Waals surface area (Å²) < 4.78 is 13.5. The Bertz CT molecular complexity index is 636. The predicted molar refractivity (Wildman–Crippen MR) is 72.2 cm³/mol. The highest BCUT2D eigenvalue weighted by atomic mass is 19.1. The van der Waals surface area contributed by atoms with Crippen LogP contribution in [-0.2, 0) is 6.54 Å². The molecule has 104 valence electrons. The van der Waals surface area contributed by atoms with Gasteiger partial charge in [0.1, 0.15) is 11.4 Å². The summed E-state index contributed by atoms with van der Waals surface area (Å²) in [6, 6.07) is 4.80. The van der Waals surface area contributed by atoms with Crippen molar-refractivity contribution in [1.29, 1.82) is 0 Å². The maximum absolute atomic E-state index is 13.5. The summed E-state index contributed by atoms with van der Waals surface area (Å²) in [6.45, 7) is 3.73. The van der Waals surface area contributed by atoms with Gasteiger partial charge < -0.3 is 10.4 Å². The quantitative estimate of drug-likeness (QED) is 0.896. The Morgan fingerprint density at radius 2 is 2.00 bits per heavy atom. The molecule has 0 saturated heterocycles. The first kappa shape index (κ1) is 13.9. The van der Waals surface area contributed by atoms with Gasteiger partial charge in [-0.3, -0.25) is 0 Å². The predicted octanol–water partition coefficient (Wildman–Crippen LogP) is 2.54. The van der Waals surface area contributed by atoms with Crippen LogP contribution in [0.2, 0.25) is 0 Å². The fraction of sp³-hybridized carbons (Fsp3) is 0.214. The minimum Gasteiger partial charge on any atom is -0.478 e. The number of aromatic nitrogens is 2. The van der Waals surface area contributed by atoms with Crippen LogP contribution in [0.4, 0.5) is 10.2 Å². The number of anilines is 1. The van der Waals surface area contributed by atoms with Crippen molar-refractivity contribution >= 4 is 11.8 Å². The van der Waals surface area contributed by atoms with E-state index in [9.17, 15) is 9.18 Å². The van der Waals surface area contributed by atoms with E-state index >= 15 is 0 Å². The normalized spacial score (nSPS) is 10.3. The van der Waals surface area contributed by atoms with Gasteiger partial charge in [-0.2, -0.15) is 5.10 Å². The molecule has 6 heteroatoms. The molecule has 0 aliphatic carbocycles. The molecular weight excluding hydrogens is 261 g/mol. The van der Waals surface area contributed by atoms with Crippen molar-refractivity contribution in [2.24, 2.45) is 0 Å². The number of carboxylic acid groups (broad SMARTS) is 1. The van der Waals surface area contributed by atoms with Crippen LogP contribution in [0, 0.1) is 19.7 Å². The fourth-order valence-electron chi connectivity index (χ4n) is 1.96. The lowest BCUT2D eigenvalue weighted by molar-refractivity contribution is 0.0697. The molecule has 1 aromatic carbocycles. The van der Waals surface area contributed by atoms with Crippen LogP contribution in [-0.4, -0.2) is 21.3 Å². The maximum atomic E-state index is 13.5. The number of carbonyl (C=O) groups is 1. The van der Waals surface area contributed by atoms with Crippen LogP contribution in [0.1, 0.15) is 27.0 Å². The minimum atomic E-state index is -1.08. The van der Waals surface area contributed by atoms with Gasteiger partial charge in [-0.15, -0.1) is 5.10 Å². The molecule has 1 aromatic heterocycles. The molecule has 0 aliphatic rings. The van der Waals surface area contributed by atoms with E-state index in [1.54, 1.807) is 26.0 Å². The maximum Gasteiger partial charge on any atom is 0.339 e.